The lowest BCUT2D eigenvalue weighted by molar-refractivity contribution is 0.549. The van der Waals surface area contributed by atoms with Crippen molar-refractivity contribution >= 4 is 10.9 Å². The van der Waals surface area contributed by atoms with Crippen LogP contribution in [0.5, 0.6) is 0 Å². The number of nitrogens with one attached hydrogen (secondary N) is 2. The zero-order chi connectivity index (χ0) is 11.0. The minimum absolute atomic E-state index is 0.430. The van der Waals surface area contributed by atoms with Gasteiger partial charge in [0, 0.05) is 11.4 Å². The van der Waals surface area contributed by atoms with Gasteiger partial charge in [0.05, 0.1) is 11.7 Å². The maximum Gasteiger partial charge on any atom is 0.0650 e. The molecule has 1 aliphatic rings. The summed E-state index contributed by atoms with van der Waals surface area (Å²) in [6.07, 6.45) is 4.69. The van der Waals surface area contributed by atoms with Crippen LogP contribution in [-0.4, -0.2) is 16.7 Å². The van der Waals surface area contributed by atoms with Crippen molar-refractivity contribution in [1.29, 1.82) is 0 Å². The average molecular weight is 215 g/mol. The molecule has 0 bridgehead atoms. The van der Waals surface area contributed by atoms with Gasteiger partial charge in [0.25, 0.3) is 0 Å². The van der Waals surface area contributed by atoms with Gasteiger partial charge in [-0.15, -0.1) is 0 Å². The van der Waals surface area contributed by atoms with Crippen LogP contribution in [-0.2, 0) is 0 Å². The molecular formula is C13H17N3. The van der Waals surface area contributed by atoms with Gasteiger partial charge >= 0.3 is 0 Å². The number of nitrogens with zero attached hydrogens (tertiary/aromatic N) is 1. The van der Waals surface area contributed by atoms with Gasteiger partial charge in [0.15, 0.2) is 0 Å². The van der Waals surface area contributed by atoms with Crippen molar-refractivity contribution < 1.29 is 0 Å². The molecule has 0 saturated heterocycles. The highest BCUT2D eigenvalue weighted by Gasteiger charge is 2.21. The van der Waals surface area contributed by atoms with Crippen LogP contribution in [0.4, 0.5) is 0 Å². The van der Waals surface area contributed by atoms with Crippen LogP contribution in [0.3, 0.4) is 0 Å². The van der Waals surface area contributed by atoms with Crippen LogP contribution in [0.2, 0.25) is 0 Å². The highest BCUT2D eigenvalue weighted by atomic mass is 15.1. The number of aromatic amines is 1. The number of H-pyrrole nitrogens is 1. The third-order valence-electron chi connectivity index (χ3n) is 3.37. The lowest BCUT2D eigenvalue weighted by Gasteiger charge is -2.13. The molecule has 2 aromatic rings. The molecule has 1 unspecified atom stereocenters. The molecule has 2 N–H and O–H groups in total. The second-order valence-corrected chi connectivity index (χ2v) is 4.79. The summed E-state index contributed by atoms with van der Waals surface area (Å²) in [5.41, 5.74) is 2.45. The highest BCUT2D eigenvalue weighted by Crippen LogP contribution is 2.28. The number of aromatic nitrogens is 2. The zero-order valence-electron chi connectivity index (χ0n) is 9.53. The fourth-order valence-electron chi connectivity index (χ4n) is 2.01. The van der Waals surface area contributed by atoms with Crippen molar-refractivity contribution in [3.63, 3.8) is 0 Å². The Labute approximate surface area is 95.2 Å². The van der Waals surface area contributed by atoms with E-state index in [1.165, 1.54) is 23.8 Å². The predicted molar refractivity (Wildman–Crippen MR) is 65.2 cm³/mol. The Morgan fingerprint density at radius 3 is 3.19 bits per heavy atom. The molecule has 1 aromatic carbocycles. The van der Waals surface area contributed by atoms with Crippen molar-refractivity contribution in [2.24, 2.45) is 5.92 Å². The molecule has 0 radical (unpaired) electrons. The van der Waals surface area contributed by atoms with Gasteiger partial charge in [0.1, 0.15) is 0 Å². The maximum absolute atomic E-state index is 4.04. The van der Waals surface area contributed by atoms with E-state index in [-0.39, 0.29) is 0 Å². The standard InChI is InChI=1S/C13H17N3/c1-9(14-7-10-2-3-10)11-4-5-13-12(6-11)8-15-16-13/h4-6,8-10,14H,2-3,7H2,1H3,(H,15,16). The van der Waals surface area contributed by atoms with Crippen molar-refractivity contribution in [2.45, 2.75) is 25.8 Å². The second kappa shape index (κ2) is 3.91. The Balaban J connectivity index is 1.75. The van der Waals surface area contributed by atoms with E-state index in [1.807, 2.05) is 6.20 Å². The van der Waals surface area contributed by atoms with Gasteiger partial charge in [-0.25, -0.2) is 0 Å². The van der Waals surface area contributed by atoms with E-state index in [2.05, 4.69) is 40.6 Å². The van der Waals surface area contributed by atoms with Crippen molar-refractivity contribution in [1.82, 2.24) is 15.5 Å². The summed E-state index contributed by atoms with van der Waals surface area (Å²) >= 11 is 0. The minimum atomic E-state index is 0.430. The SMILES string of the molecule is CC(NCC1CC1)c1ccc2[nH]ncc2c1. The lowest BCUT2D eigenvalue weighted by atomic mass is 10.1. The van der Waals surface area contributed by atoms with Crippen molar-refractivity contribution in [2.75, 3.05) is 6.54 Å². The van der Waals surface area contributed by atoms with Crippen molar-refractivity contribution in [3.05, 3.63) is 30.0 Å². The van der Waals surface area contributed by atoms with Gasteiger partial charge < -0.3 is 5.32 Å². The first-order valence-electron chi connectivity index (χ1n) is 5.99. The molecular weight excluding hydrogens is 198 g/mol. The molecule has 1 atom stereocenters. The first-order chi connectivity index (χ1) is 7.83. The predicted octanol–water partition coefficient (Wildman–Crippen LogP) is 2.62. The summed E-state index contributed by atoms with van der Waals surface area (Å²) in [4.78, 5) is 0. The Morgan fingerprint density at radius 1 is 1.50 bits per heavy atom. The summed E-state index contributed by atoms with van der Waals surface area (Å²) in [6.45, 7) is 3.38. The topological polar surface area (TPSA) is 40.7 Å². The molecule has 0 aliphatic heterocycles. The molecule has 84 valence electrons. The molecule has 3 rings (SSSR count). The fraction of sp³-hybridized carbons (Fsp3) is 0.462. The summed E-state index contributed by atoms with van der Waals surface area (Å²) in [6, 6.07) is 6.92. The van der Waals surface area contributed by atoms with Gasteiger partial charge in [0.2, 0.25) is 0 Å². The monoisotopic (exact) mass is 215 g/mol. The van der Waals surface area contributed by atoms with E-state index in [0.29, 0.717) is 6.04 Å². The third kappa shape index (κ3) is 1.95. The number of rotatable bonds is 4. The number of hydrogen-bond acceptors (Lipinski definition) is 2. The molecule has 0 spiro atoms. The Bertz CT molecular complexity index is 485. The number of fused-ring (bicyclic) bond motifs is 1. The van der Waals surface area contributed by atoms with Crippen LogP contribution >= 0.6 is 0 Å². The summed E-state index contributed by atoms with van der Waals surface area (Å²) in [7, 11) is 0. The van der Waals surface area contributed by atoms with E-state index in [9.17, 15) is 0 Å². The van der Waals surface area contributed by atoms with Crippen LogP contribution in [0.25, 0.3) is 10.9 Å². The van der Waals surface area contributed by atoms with Gasteiger partial charge in [-0.05, 0) is 49.9 Å². The molecule has 1 aromatic heterocycles. The second-order valence-electron chi connectivity index (χ2n) is 4.79. The van der Waals surface area contributed by atoms with Crippen LogP contribution in [0.1, 0.15) is 31.4 Å². The van der Waals surface area contributed by atoms with Crippen molar-refractivity contribution in [3.8, 4) is 0 Å². The number of hydrogen-bond donors (Lipinski definition) is 2. The van der Waals surface area contributed by atoms with Crippen LogP contribution in [0.15, 0.2) is 24.4 Å². The van der Waals surface area contributed by atoms with E-state index in [0.717, 1.165) is 18.0 Å². The minimum Gasteiger partial charge on any atom is -0.310 e. The van der Waals surface area contributed by atoms with E-state index in [4.69, 9.17) is 0 Å². The Kier molecular flexibility index (Phi) is 2.40. The van der Waals surface area contributed by atoms with Gasteiger partial charge in [-0.1, -0.05) is 6.07 Å². The largest absolute Gasteiger partial charge is 0.310 e. The molecule has 1 heterocycles. The molecule has 1 saturated carbocycles. The summed E-state index contributed by atoms with van der Waals surface area (Å²) < 4.78 is 0. The smallest absolute Gasteiger partial charge is 0.0650 e. The van der Waals surface area contributed by atoms with Gasteiger partial charge in [-0.2, -0.15) is 5.10 Å². The first-order valence-corrected chi connectivity index (χ1v) is 5.99. The Hall–Kier alpha value is -1.35. The Morgan fingerprint density at radius 2 is 2.38 bits per heavy atom. The quantitative estimate of drug-likeness (QED) is 0.823. The zero-order valence-corrected chi connectivity index (χ0v) is 9.53. The van der Waals surface area contributed by atoms with E-state index < -0.39 is 0 Å². The third-order valence-corrected chi connectivity index (χ3v) is 3.37. The average Bonchev–Trinajstić information content (AvgIpc) is 3.01. The molecule has 3 heteroatoms. The van der Waals surface area contributed by atoms with Crippen LogP contribution in [0, 0.1) is 5.92 Å². The normalized spacial score (nSPS) is 17.8. The fourth-order valence-corrected chi connectivity index (χ4v) is 2.01. The molecule has 1 aliphatic carbocycles. The first kappa shape index (κ1) is 9.85. The lowest BCUT2D eigenvalue weighted by Crippen LogP contribution is -2.20. The maximum atomic E-state index is 4.04. The van der Waals surface area contributed by atoms with E-state index in [1.54, 1.807) is 0 Å². The summed E-state index contributed by atoms with van der Waals surface area (Å²) in [5.74, 6) is 0.931. The molecule has 0 amide bonds. The highest BCUT2D eigenvalue weighted by molar-refractivity contribution is 5.78. The van der Waals surface area contributed by atoms with E-state index >= 15 is 0 Å². The number of benzene rings is 1. The molecule has 16 heavy (non-hydrogen) atoms. The molecule has 3 nitrogen and oxygen atoms in total. The summed E-state index contributed by atoms with van der Waals surface area (Å²) in [5, 5.41) is 11.8. The molecule has 1 fully saturated rings. The van der Waals surface area contributed by atoms with Crippen LogP contribution < -0.4 is 5.32 Å². The van der Waals surface area contributed by atoms with Gasteiger partial charge in [-0.3, -0.25) is 5.10 Å².